The summed E-state index contributed by atoms with van der Waals surface area (Å²) in [6, 6.07) is 8.41. The monoisotopic (exact) mass is 261 g/mol. The van der Waals surface area contributed by atoms with E-state index in [1.807, 2.05) is 6.07 Å². The van der Waals surface area contributed by atoms with Crippen molar-refractivity contribution in [2.75, 3.05) is 7.11 Å². The third-order valence-corrected chi connectivity index (χ3v) is 4.02. The highest BCUT2D eigenvalue weighted by Crippen LogP contribution is 2.44. The predicted molar refractivity (Wildman–Crippen MR) is 76.1 cm³/mol. The first-order chi connectivity index (χ1) is 9.17. The van der Waals surface area contributed by atoms with E-state index in [-0.39, 0.29) is 17.9 Å². The first kappa shape index (κ1) is 14.1. The third kappa shape index (κ3) is 3.35. The summed E-state index contributed by atoms with van der Waals surface area (Å²) >= 11 is 0. The van der Waals surface area contributed by atoms with Crippen LogP contribution in [-0.4, -0.2) is 19.1 Å². The largest absolute Gasteiger partial charge is 0.469 e. The van der Waals surface area contributed by atoms with Crippen molar-refractivity contribution in [3.05, 3.63) is 35.4 Å². The zero-order valence-corrected chi connectivity index (χ0v) is 11.8. The Morgan fingerprint density at radius 1 is 1.42 bits per heavy atom. The van der Waals surface area contributed by atoms with Crippen LogP contribution >= 0.6 is 0 Å². The number of hydrogen-bond donors (Lipinski definition) is 1. The van der Waals surface area contributed by atoms with Crippen LogP contribution in [0.1, 0.15) is 55.6 Å². The van der Waals surface area contributed by atoms with Gasteiger partial charge in [0.1, 0.15) is 0 Å². The number of rotatable bonds is 6. The van der Waals surface area contributed by atoms with Gasteiger partial charge in [0.05, 0.1) is 13.5 Å². The Hall–Kier alpha value is -1.35. The summed E-state index contributed by atoms with van der Waals surface area (Å²) < 4.78 is 4.82. The summed E-state index contributed by atoms with van der Waals surface area (Å²) in [5, 5.41) is 0. The maximum atomic E-state index is 11.6. The topological polar surface area (TPSA) is 52.3 Å². The summed E-state index contributed by atoms with van der Waals surface area (Å²) in [5.41, 5.74) is 8.85. The highest BCUT2D eigenvalue weighted by atomic mass is 16.5. The van der Waals surface area contributed by atoms with Crippen LogP contribution in [0.4, 0.5) is 0 Å². The van der Waals surface area contributed by atoms with E-state index >= 15 is 0 Å². The van der Waals surface area contributed by atoms with Crippen LogP contribution in [0.2, 0.25) is 0 Å². The molecule has 1 saturated carbocycles. The predicted octanol–water partition coefficient (Wildman–Crippen LogP) is 2.95. The number of methoxy groups -OCH3 is 1. The molecule has 2 rings (SSSR count). The lowest BCUT2D eigenvalue weighted by atomic mass is 9.84. The lowest BCUT2D eigenvalue weighted by Gasteiger charge is -2.25. The number of benzene rings is 1. The van der Waals surface area contributed by atoms with Crippen LogP contribution in [0.15, 0.2) is 24.3 Å². The van der Waals surface area contributed by atoms with Gasteiger partial charge in [-0.25, -0.2) is 0 Å². The van der Waals surface area contributed by atoms with E-state index in [0.717, 1.165) is 6.42 Å². The maximum Gasteiger partial charge on any atom is 0.306 e. The first-order valence-corrected chi connectivity index (χ1v) is 7.08. The second kappa shape index (κ2) is 6.20. The van der Waals surface area contributed by atoms with Gasteiger partial charge in [0, 0.05) is 12.0 Å². The third-order valence-electron chi connectivity index (χ3n) is 4.02. The van der Waals surface area contributed by atoms with Crippen LogP contribution in [0.5, 0.6) is 0 Å². The fourth-order valence-corrected chi connectivity index (χ4v) is 2.65. The minimum absolute atomic E-state index is 0.000926. The Kier molecular flexibility index (Phi) is 4.59. The molecule has 104 valence electrons. The van der Waals surface area contributed by atoms with E-state index < -0.39 is 0 Å². The second-order valence-electron chi connectivity index (χ2n) is 5.36. The molecule has 0 radical (unpaired) electrons. The molecule has 1 aromatic carbocycles. The summed E-state index contributed by atoms with van der Waals surface area (Å²) in [6.07, 6.45) is 3.74. The van der Waals surface area contributed by atoms with Gasteiger partial charge in [-0.1, -0.05) is 31.2 Å². The van der Waals surface area contributed by atoms with Gasteiger partial charge in [-0.2, -0.15) is 0 Å². The molecule has 0 amide bonds. The van der Waals surface area contributed by atoms with E-state index in [4.69, 9.17) is 10.5 Å². The fraction of sp³-hybridized carbons (Fsp3) is 0.562. The van der Waals surface area contributed by atoms with Crippen LogP contribution in [0, 0.1) is 0 Å². The van der Waals surface area contributed by atoms with Gasteiger partial charge < -0.3 is 10.5 Å². The molecule has 1 fully saturated rings. The van der Waals surface area contributed by atoms with Crippen LogP contribution in [0.25, 0.3) is 0 Å². The highest BCUT2D eigenvalue weighted by Gasteiger charge is 2.30. The molecule has 1 aliphatic rings. The van der Waals surface area contributed by atoms with Gasteiger partial charge in [-0.15, -0.1) is 0 Å². The van der Waals surface area contributed by atoms with Crippen molar-refractivity contribution in [2.45, 2.75) is 50.5 Å². The van der Waals surface area contributed by atoms with Crippen LogP contribution in [-0.2, 0) is 9.53 Å². The maximum absolute atomic E-state index is 11.6. The van der Waals surface area contributed by atoms with E-state index in [0.29, 0.717) is 12.3 Å². The van der Waals surface area contributed by atoms with Crippen molar-refractivity contribution in [3.63, 3.8) is 0 Å². The molecule has 0 saturated heterocycles. The molecular weight excluding hydrogens is 238 g/mol. The van der Waals surface area contributed by atoms with Crippen molar-refractivity contribution in [3.8, 4) is 0 Å². The van der Waals surface area contributed by atoms with Gasteiger partial charge in [-0.3, -0.25) is 4.79 Å². The standard InChI is InChI=1S/C16H23NO2/c1-3-15(17)14(10-16(18)19-2)13-7-5-4-6-12(13)11-8-9-11/h4-7,11,14-15H,3,8-10,17H2,1-2H3. The number of ether oxygens (including phenoxy) is 1. The molecular formula is C16H23NO2. The zero-order valence-electron chi connectivity index (χ0n) is 11.8. The van der Waals surface area contributed by atoms with Gasteiger partial charge in [0.25, 0.3) is 0 Å². The molecule has 1 aromatic rings. The summed E-state index contributed by atoms with van der Waals surface area (Å²) in [7, 11) is 1.43. The molecule has 0 aliphatic heterocycles. The SMILES string of the molecule is CCC(N)C(CC(=O)OC)c1ccccc1C1CC1. The van der Waals surface area contributed by atoms with Crippen molar-refractivity contribution in [1.82, 2.24) is 0 Å². The number of carbonyl (C=O) groups excluding carboxylic acids is 1. The Morgan fingerprint density at radius 3 is 2.68 bits per heavy atom. The van der Waals surface area contributed by atoms with Gasteiger partial charge >= 0.3 is 5.97 Å². The number of nitrogens with two attached hydrogens (primary N) is 1. The number of esters is 1. The average Bonchev–Trinajstić information content (AvgIpc) is 3.28. The van der Waals surface area contributed by atoms with Crippen molar-refractivity contribution < 1.29 is 9.53 Å². The lowest BCUT2D eigenvalue weighted by molar-refractivity contribution is -0.141. The molecule has 0 spiro atoms. The van der Waals surface area contributed by atoms with E-state index in [2.05, 4.69) is 25.1 Å². The number of hydrogen-bond acceptors (Lipinski definition) is 3. The Labute approximate surface area is 115 Å². The Morgan fingerprint density at radius 2 is 2.11 bits per heavy atom. The molecule has 3 nitrogen and oxygen atoms in total. The molecule has 2 unspecified atom stereocenters. The summed E-state index contributed by atoms with van der Waals surface area (Å²) in [5.74, 6) is 0.550. The molecule has 2 atom stereocenters. The minimum atomic E-state index is -0.181. The van der Waals surface area contributed by atoms with Gasteiger partial charge in [0.2, 0.25) is 0 Å². The van der Waals surface area contributed by atoms with Crippen molar-refractivity contribution in [2.24, 2.45) is 5.73 Å². The number of carbonyl (C=O) groups is 1. The van der Waals surface area contributed by atoms with Crippen molar-refractivity contribution in [1.29, 1.82) is 0 Å². The molecule has 0 bridgehead atoms. The van der Waals surface area contributed by atoms with Crippen LogP contribution in [0.3, 0.4) is 0 Å². The summed E-state index contributed by atoms with van der Waals surface area (Å²) in [6.45, 7) is 2.06. The first-order valence-electron chi connectivity index (χ1n) is 7.08. The van der Waals surface area contributed by atoms with Gasteiger partial charge in [-0.05, 0) is 36.3 Å². The molecule has 1 aliphatic carbocycles. The minimum Gasteiger partial charge on any atom is -0.469 e. The van der Waals surface area contributed by atoms with Gasteiger partial charge in [0.15, 0.2) is 0 Å². The second-order valence-corrected chi connectivity index (χ2v) is 5.36. The molecule has 2 N–H and O–H groups in total. The molecule has 3 heteroatoms. The fourth-order valence-electron chi connectivity index (χ4n) is 2.65. The van der Waals surface area contributed by atoms with E-state index in [9.17, 15) is 4.79 Å². The lowest BCUT2D eigenvalue weighted by Crippen LogP contribution is -2.30. The Balaban J connectivity index is 2.28. The normalized spacial score (nSPS) is 17.8. The molecule has 0 aromatic heterocycles. The zero-order chi connectivity index (χ0) is 13.8. The van der Waals surface area contributed by atoms with E-state index in [1.165, 1.54) is 31.1 Å². The molecule has 0 heterocycles. The quantitative estimate of drug-likeness (QED) is 0.801. The van der Waals surface area contributed by atoms with Crippen molar-refractivity contribution >= 4 is 5.97 Å². The summed E-state index contributed by atoms with van der Waals surface area (Å²) in [4.78, 5) is 11.6. The van der Waals surface area contributed by atoms with E-state index in [1.54, 1.807) is 0 Å². The Bertz CT molecular complexity index is 440. The average molecular weight is 261 g/mol. The molecule has 19 heavy (non-hydrogen) atoms. The van der Waals surface area contributed by atoms with Crippen LogP contribution < -0.4 is 5.73 Å². The highest BCUT2D eigenvalue weighted by molar-refractivity contribution is 5.70. The smallest absolute Gasteiger partial charge is 0.306 e.